The molecule has 0 aromatic heterocycles. The Morgan fingerprint density at radius 1 is 1.23 bits per heavy atom. The van der Waals surface area contributed by atoms with Crippen LogP contribution in [-0.2, 0) is 0 Å². The van der Waals surface area contributed by atoms with Crippen LogP contribution in [0.5, 0.6) is 0 Å². The molecule has 0 amide bonds. The van der Waals surface area contributed by atoms with Gasteiger partial charge >= 0.3 is 0 Å². The summed E-state index contributed by atoms with van der Waals surface area (Å²) in [5.41, 5.74) is 6.51. The molecule has 5 rings (SSSR count). The third kappa shape index (κ3) is 3.19. The van der Waals surface area contributed by atoms with Crippen LogP contribution in [0.4, 0.5) is 0 Å². The molecular weight excluding hydrogens is 370 g/mol. The molecule has 2 fully saturated rings. The molecule has 3 N–H and O–H groups in total. The van der Waals surface area contributed by atoms with Gasteiger partial charge in [0.1, 0.15) is 0 Å². The van der Waals surface area contributed by atoms with Crippen LogP contribution >= 0.6 is 0 Å². The van der Waals surface area contributed by atoms with E-state index in [2.05, 4.69) is 45.2 Å². The number of aliphatic hydroxyl groups excluding tert-OH is 2. The van der Waals surface area contributed by atoms with Gasteiger partial charge in [0.05, 0.1) is 12.2 Å². The molecule has 1 saturated heterocycles. The molecular formula is C27H41NO2. The van der Waals surface area contributed by atoms with Crippen molar-refractivity contribution in [1.82, 2.24) is 5.32 Å². The highest BCUT2D eigenvalue weighted by atomic mass is 16.3. The number of allylic oxidation sites excluding steroid dienone is 4. The lowest BCUT2D eigenvalue weighted by Crippen LogP contribution is -2.52. The summed E-state index contributed by atoms with van der Waals surface area (Å²) in [7, 11) is 0. The second kappa shape index (κ2) is 7.60. The molecule has 3 heteroatoms. The molecule has 1 heterocycles. The smallest absolute Gasteiger partial charge is 0.0702 e. The van der Waals surface area contributed by atoms with Crippen LogP contribution in [0.2, 0.25) is 0 Å². The lowest BCUT2D eigenvalue weighted by molar-refractivity contribution is 0.0571. The minimum atomic E-state index is -0.235. The molecule has 4 aliphatic carbocycles. The maximum atomic E-state index is 10.7. The zero-order chi connectivity index (χ0) is 21.2. The first-order chi connectivity index (χ1) is 14.3. The lowest BCUT2D eigenvalue weighted by Gasteiger charge is -2.49. The van der Waals surface area contributed by atoms with Crippen molar-refractivity contribution in [1.29, 1.82) is 0 Å². The summed E-state index contributed by atoms with van der Waals surface area (Å²) in [6.45, 7) is 10.4. The summed E-state index contributed by atoms with van der Waals surface area (Å²) < 4.78 is 0. The average Bonchev–Trinajstić information content (AvgIpc) is 3.09. The van der Waals surface area contributed by atoms with Gasteiger partial charge in [0.15, 0.2) is 0 Å². The maximum absolute atomic E-state index is 10.7. The summed E-state index contributed by atoms with van der Waals surface area (Å²) in [6.07, 6.45) is 12.3. The van der Waals surface area contributed by atoms with E-state index >= 15 is 0 Å². The highest BCUT2D eigenvalue weighted by molar-refractivity contribution is 5.46. The Hall–Kier alpha value is -0.900. The second-order valence-electron chi connectivity index (χ2n) is 11.5. The molecule has 30 heavy (non-hydrogen) atoms. The van der Waals surface area contributed by atoms with Crippen molar-refractivity contribution in [3.05, 3.63) is 34.4 Å². The first-order valence-electron chi connectivity index (χ1n) is 12.5. The monoisotopic (exact) mass is 411 g/mol. The van der Waals surface area contributed by atoms with E-state index in [9.17, 15) is 10.2 Å². The third-order valence-electron chi connectivity index (χ3n) is 9.78. The summed E-state index contributed by atoms with van der Waals surface area (Å²) >= 11 is 0. The van der Waals surface area contributed by atoms with Gasteiger partial charge in [0.2, 0.25) is 0 Å². The predicted octanol–water partition coefficient (Wildman–Crippen LogP) is 4.76. The van der Waals surface area contributed by atoms with E-state index in [1.165, 1.54) is 30.4 Å². The second-order valence-corrected chi connectivity index (χ2v) is 11.5. The quantitative estimate of drug-likeness (QED) is 0.574. The van der Waals surface area contributed by atoms with Gasteiger partial charge in [0, 0.05) is 6.04 Å². The van der Waals surface area contributed by atoms with E-state index in [4.69, 9.17) is 0 Å². The molecule has 3 nitrogen and oxygen atoms in total. The van der Waals surface area contributed by atoms with Gasteiger partial charge in [0.25, 0.3) is 0 Å². The van der Waals surface area contributed by atoms with E-state index in [1.54, 1.807) is 11.1 Å². The standard InChI is InChI=1S/C27H41NO2/c1-15-11-25(30)26(28-14-15)17(3)20-7-8-21-22-6-5-18-12-19(29)9-10-27(18,4)24(22)13-23(21)16(20)2/h5,13,15,17,19,21-22,24-26,28-30H,6-12,14H2,1-4H3/t15-,17-,19-,21-,22?,24?,25+,26-,27-/m0/s1. The van der Waals surface area contributed by atoms with Crippen molar-refractivity contribution in [3.63, 3.8) is 0 Å². The molecule has 0 aromatic rings. The van der Waals surface area contributed by atoms with Crippen LogP contribution in [0.1, 0.15) is 72.6 Å². The fraction of sp³-hybridized carbons (Fsp3) is 0.778. The minimum absolute atomic E-state index is 0.136. The normalized spacial score (nSPS) is 47.1. The lowest BCUT2D eigenvalue weighted by atomic mass is 9.56. The topological polar surface area (TPSA) is 52.5 Å². The SMILES string of the molecule is CC1=C([C@H](C)[C@@H]2NC[C@@H](C)C[C@H]2O)CC[C@@H]2C1=CC1C2CC=C2C[C@@H](O)CC[C@@]21C. The minimum Gasteiger partial charge on any atom is -0.393 e. The van der Waals surface area contributed by atoms with Gasteiger partial charge in [-0.1, -0.05) is 44.1 Å². The third-order valence-corrected chi connectivity index (χ3v) is 9.78. The maximum Gasteiger partial charge on any atom is 0.0702 e. The molecule has 0 radical (unpaired) electrons. The molecule has 2 unspecified atom stereocenters. The van der Waals surface area contributed by atoms with Gasteiger partial charge in [-0.15, -0.1) is 0 Å². The predicted molar refractivity (Wildman–Crippen MR) is 122 cm³/mol. The summed E-state index contributed by atoms with van der Waals surface area (Å²) in [5, 5.41) is 24.6. The molecule has 5 aliphatic rings. The van der Waals surface area contributed by atoms with Gasteiger partial charge in [-0.2, -0.15) is 0 Å². The van der Waals surface area contributed by atoms with Crippen molar-refractivity contribution in [3.8, 4) is 0 Å². The molecule has 1 saturated carbocycles. The Morgan fingerprint density at radius 3 is 2.80 bits per heavy atom. The molecule has 0 spiro atoms. The van der Waals surface area contributed by atoms with Crippen LogP contribution in [0.25, 0.3) is 0 Å². The number of aliphatic hydroxyl groups is 2. The number of hydrogen-bond donors (Lipinski definition) is 3. The number of fused-ring (bicyclic) bond motifs is 5. The van der Waals surface area contributed by atoms with Crippen molar-refractivity contribution in [2.75, 3.05) is 6.54 Å². The Bertz CT molecular complexity index is 795. The first kappa shape index (κ1) is 21.0. The number of nitrogens with one attached hydrogen (secondary N) is 1. The fourth-order valence-corrected chi connectivity index (χ4v) is 7.95. The highest BCUT2D eigenvalue weighted by Gasteiger charge is 2.52. The molecule has 0 aromatic carbocycles. The molecule has 0 bridgehead atoms. The van der Waals surface area contributed by atoms with Crippen molar-refractivity contribution in [2.24, 2.45) is 35.0 Å². The van der Waals surface area contributed by atoms with Crippen LogP contribution < -0.4 is 5.32 Å². The van der Waals surface area contributed by atoms with Crippen LogP contribution in [-0.4, -0.2) is 35.0 Å². The molecule has 1 aliphatic heterocycles. The number of rotatable bonds is 2. The van der Waals surface area contributed by atoms with Gasteiger partial charge in [-0.25, -0.2) is 0 Å². The van der Waals surface area contributed by atoms with Crippen molar-refractivity contribution in [2.45, 2.75) is 90.9 Å². The Morgan fingerprint density at radius 2 is 2.03 bits per heavy atom. The number of hydrogen-bond acceptors (Lipinski definition) is 3. The summed E-state index contributed by atoms with van der Waals surface area (Å²) in [6, 6.07) is 0.192. The zero-order valence-corrected chi connectivity index (χ0v) is 19.3. The Balaban J connectivity index is 1.43. The van der Waals surface area contributed by atoms with E-state index in [0.29, 0.717) is 23.7 Å². The van der Waals surface area contributed by atoms with E-state index in [-0.39, 0.29) is 23.7 Å². The Labute approximate surface area is 182 Å². The summed E-state index contributed by atoms with van der Waals surface area (Å²) in [4.78, 5) is 0. The van der Waals surface area contributed by atoms with Gasteiger partial charge < -0.3 is 15.5 Å². The highest BCUT2D eigenvalue weighted by Crippen LogP contribution is 2.61. The number of piperidine rings is 1. The molecule has 9 atom stereocenters. The van der Waals surface area contributed by atoms with Crippen LogP contribution in [0.15, 0.2) is 34.4 Å². The van der Waals surface area contributed by atoms with E-state index in [0.717, 1.165) is 38.1 Å². The Kier molecular flexibility index (Phi) is 5.31. The summed E-state index contributed by atoms with van der Waals surface area (Å²) in [5.74, 6) is 3.04. The van der Waals surface area contributed by atoms with Crippen molar-refractivity contribution < 1.29 is 10.2 Å². The largest absolute Gasteiger partial charge is 0.393 e. The van der Waals surface area contributed by atoms with E-state index < -0.39 is 0 Å². The van der Waals surface area contributed by atoms with Crippen LogP contribution in [0, 0.1) is 35.0 Å². The zero-order valence-electron chi connectivity index (χ0n) is 19.3. The fourth-order valence-electron chi connectivity index (χ4n) is 7.95. The first-order valence-corrected chi connectivity index (χ1v) is 12.5. The van der Waals surface area contributed by atoms with Crippen molar-refractivity contribution >= 4 is 0 Å². The molecule has 166 valence electrons. The van der Waals surface area contributed by atoms with Gasteiger partial charge in [-0.3, -0.25) is 0 Å². The van der Waals surface area contributed by atoms with Gasteiger partial charge in [-0.05, 0) is 105 Å². The van der Waals surface area contributed by atoms with Crippen LogP contribution in [0.3, 0.4) is 0 Å². The van der Waals surface area contributed by atoms with E-state index in [1.807, 2.05) is 0 Å². The average molecular weight is 412 g/mol.